The fourth-order valence-electron chi connectivity index (χ4n) is 3.61. The number of ether oxygens (including phenoxy) is 3. The molecule has 1 atom stereocenters. The molecular formula is C22H26N2O5. The second-order valence-electron chi connectivity index (χ2n) is 6.79. The quantitative estimate of drug-likeness (QED) is 0.757. The van der Waals surface area contributed by atoms with Crippen LogP contribution in [0, 0.1) is 0 Å². The Morgan fingerprint density at radius 2 is 1.76 bits per heavy atom. The number of fused-ring (bicyclic) bond motifs is 1. The predicted octanol–water partition coefficient (Wildman–Crippen LogP) is 3.08. The molecule has 1 heterocycles. The molecule has 0 fully saturated rings. The molecular weight excluding hydrogens is 372 g/mol. The van der Waals surface area contributed by atoms with Crippen molar-refractivity contribution in [3.05, 3.63) is 59.2 Å². The molecule has 0 spiro atoms. The topological polar surface area (TPSA) is 77.1 Å². The van der Waals surface area contributed by atoms with Gasteiger partial charge in [-0.1, -0.05) is 30.3 Å². The van der Waals surface area contributed by atoms with Gasteiger partial charge in [0.05, 0.1) is 33.8 Å². The zero-order chi connectivity index (χ0) is 20.8. The average molecular weight is 398 g/mol. The number of nitrogens with zero attached hydrogens (tertiary/aromatic N) is 1. The van der Waals surface area contributed by atoms with Gasteiger partial charge in [-0.3, -0.25) is 4.79 Å². The van der Waals surface area contributed by atoms with Gasteiger partial charge in [0, 0.05) is 13.1 Å². The molecule has 2 aromatic rings. The normalized spacial score (nSPS) is 15.3. The Balaban J connectivity index is 1.87. The summed E-state index contributed by atoms with van der Waals surface area (Å²) in [5.41, 5.74) is 2.91. The summed E-state index contributed by atoms with van der Waals surface area (Å²) in [6.45, 7) is 0.907. The van der Waals surface area contributed by atoms with Crippen molar-refractivity contribution >= 4 is 12.0 Å². The first kappa shape index (κ1) is 20.5. The van der Waals surface area contributed by atoms with E-state index in [1.165, 1.54) is 7.11 Å². The van der Waals surface area contributed by atoms with Crippen molar-refractivity contribution in [2.75, 3.05) is 27.9 Å². The van der Waals surface area contributed by atoms with E-state index in [2.05, 4.69) is 5.32 Å². The predicted molar refractivity (Wildman–Crippen MR) is 108 cm³/mol. The van der Waals surface area contributed by atoms with Crippen molar-refractivity contribution in [3.8, 4) is 11.5 Å². The van der Waals surface area contributed by atoms with Gasteiger partial charge in [-0.05, 0) is 35.2 Å². The zero-order valence-corrected chi connectivity index (χ0v) is 16.9. The van der Waals surface area contributed by atoms with Gasteiger partial charge in [0.1, 0.15) is 0 Å². The van der Waals surface area contributed by atoms with Crippen LogP contribution in [0.2, 0.25) is 0 Å². The summed E-state index contributed by atoms with van der Waals surface area (Å²) in [5, 5.41) is 2.95. The summed E-state index contributed by atoms with van der Waals surface area (Å²) < 4.78 is 15.7. The minimum atomic E-state index is -0.443. The maximum absolute atomic E-state index is 12.9. The van der Waals surface area contributed by atoms with Gasteiger partial charge in [0.25, 0.3) is 0 Å². The fraction of sp³-hybridized carbons (Fsp3) is 0.364. The van der Waals surface area contributed by atoms with Crippen molar-refractivity contribution in [1.82, 2.24) is 10.2 Å². The van der Waals surface area contributed by atoms with E-state index >= 15 is 0 Å². The first-order valence-corrected chi connectivity index (χ1v) is 9.47. The molecule has 0 bridgehead atoms. The Kier molecular flexibility index (Phi) is 6.59. The Bertz CT molecular complexity index is 869. The van der Waals surface area contributed by atoms with Gasteiger partial charge < -0.3 is 24.4 Å². The smallest absolute Gasteiger partial charge is 0.318 e. The lowest BCUT2D eigenvalue weighted by atomic mass is 9.90. The van der Waals surface area contributed by atoms with E-state index in [4.69, 9.17) is 14.2 Å². The van der Waals surface area contributed by atoms with Gasteiger partial charge in [-0.15, -0.1) is 0 Å². The number of hydrogen-bond donors (Lipinski definition) is 1. The largest absolute Gasteiger partial charge is 0.493 e. The molecule has 2 aromatic carbocycles. The highest BCUT2D eigenvalue weighted by atomic mass is 16.5. The number of carbonyl (C=O) groups excluding carboxylic acids is 2. The molecule has 0 saturated carbocycles. The number of carbonyl (C=O) groups is 2. The second-order valence-corrected chi connectivity index (χ2v) is 6.79. The number of methoxy groups -OCH3 is 3. The van der Waals surface area contributed by atoms with Crippen LogP contribution in [0.4, 0.5) is 4.79 Å². The molecule has 1 unspecified atom stereocenters. The van der Waals surface area contributed by atoms with Crippen molar-refractivity contribution in [1.29, 1.82) is 0 Å². The lowest BCUT2D eigenvalue weighted by Gasteiger charge is -2.37. The molecule has 0 saturated heterocycles. The molecule has 154 valence electrons. The van der Waals surface area contributed by atoms with Crippen molar-refractivity contribution in [2.45, 2.75) is 25.4 Å². The Morgan fingerprint density at radius 3 is 2.41 bits per heavy atom. The van der Waals surface area contributed by atoms with E-state index in [-0.39, 0.29) is 18.4 Å². The molecule has 3 rings (SSSR count). The van der Waals surface area contributed by atoms with Crippen LogP contribution in [-0.4, -0.2) is 44.8 Å². The minimum Gasteiger partial charge on any atom is -0.493 e. The average Bonchev–Trinajstić information content (AvgIpc) is 2.77. The van der Waals surface area contributed by atoms with E-state index in [1.54, 1.807) is 19.1 Å². The SMILES string of the molecule is COC(=O)CC1c2cc(OC)c(OC)cc2CCN1C(=O)NCc1ccccc1. The lowest BCUT2D eigenvalue weighted by molar-refractivity contribution is -0.141. The number of hydrogen-bond acceptors (Lipinski definition) is 5. The third kappa shape index (κ3) is 4.62. The first-order valence-electron chi connectivity index (χ1n) is 9.47. The number of urea groups is 1. The van der Waals surface area contributed by atoms with E-state index < -0.39 is 6.04 Å². The molecule has 29 heavy (non-hydrogen) atoms. The van der Waals surface area contributed by atoms with Crippen LogP contribution in [0.3, 0.4) is 0 Å². The maximum Gasteiger partial charge on any atom is 0.318 e. The van der Waals surface area contributed by atoms with Crippen molar-refractivity contribution in [3.63, 3.8) is 0 Å². The molecule has 0 aromatic heterocycles. The highest BCUT2D eigenvalue weighted by molar-refractivity contribution is 5.77. The zero-order valence-electron chi connectivity index (χ0n) is 16.9. The van der Waals surface area contributed by atoms with E-state index in [1.807, 2.05) is 42.5 Å². The second kappa shape index (κ2) is 9.32. The molecule has 1 N–H and O–H groups in total. The standard InChI is InChI=1S/C22H26N2O5/c1-27-19-11-16-9-10-24(22(26)23-14-15-7-5-4-6-8-15)18(13-21(25)29-3)17(16)12-20(19)28-2/h4-8,11-12,18H,9-10,13-14H2,1-3H3,(H,23,26). The molecule has 7 nitrogen and oxygen atoms in total. The lowest BCUT2D eigenvalue weighted by Crippen LogP contribution is -2.46. The molecule has 0 radical (unpaired) electrons. The number of amides is 2. The Labute approximate surface area is 170 Å². The highest BCUT2D eigenvalue weighted by Gasteiger charge is 2.34. The van der Waals surface area contributed by atoms with Gasteiger partial charge in [-0.25, -0.2) is 4.79 Å². The van der Waals surface area contributed by atoms with Crippen molar-refractivity contribution < 1.29 is 23.8 Å². The molecule has 7 heteroatoms. The van der Waals surface area contributed by atoms with Crippen molar-refractivity contribution in [2.24, 2.45) is 0 Å². The number of esters is 1. The summed E-state index contributed by atoms with van der Waals surface area (Å²) in [4.78, 5) is 26.7. The van der Waals surface area contributed by atoms with Crippen LogP contribution in [0.5, 0.6) is 11.5 Å². The number of nitrogens with one attached hydrogen (secondary N) is 1. The summed E-state index contributed by atoms with van der Waals surface area (Å²) in [6.07, 6.45) is 0.726. The summed E-state index contributed by atoms with van der Waals surface area (Å²) >= 11 is 0. The highest BCUT2D eigenvalue weighted by Crippen LogP contribution is 2.39. The molecule has 1 aliphatic rings. The van der Waals surface area contributed by atoms with Gasteiger partial charge in [0.2, 0.25) is 0 Å². The molecule has 2 amide bonds. The first-order chi connectivity index (χ1) is 14.1. The molecule has 0 aliphatic carbocycles. The maximum atomic E-state index is 12.9. The van der Waals surface area contributed by atoms with Crippen LogP contribution < -0.4 is 14.8 Å². The van der Waals surface area contributed by atoms with Crippen LogP contribution in [0.1, 0.15) is 29.2 Å². The van der Waals surface area contributed by atoms with Gasteiger partial charge in [-0.2, -0.15) is 0 Å². The van der Waals surface area contributed by atoms with E-state index in [0.29, 0.717) is 31.0 Å². The van der Waals surface area contributed by atoms with Gasteiger partial charge >= 0.3 is 12.0 Å². The van der Waals surface area contributed by atoms with E-state index in [9.17, 15) is 9.59 Å². The summed E-state index contributed by atoms with van der Waals surface area (Å²) in [5.74, 6) is 0.816. The minimum absolute atomic E-state index is 0.0672. The summed E-state index contributed by atoms with van der Waals surface area (Å²) in [6, 6.07) is 12.8. The Hall–Kier alpha value is -3.22. The molecule has 1 aliphatic heterocycles. The third-order valence-corrected chi connectivity index (χ3v) is 5.14. The van der Waals surface area contributed by atoms with Crippen LogP contribution in [0.15, 0.2) is 42.5 Å². The van der Waals surface area contributed by atoms with Crippen LogP contribution in [0.25, 0.3) is 0 Å². The summed E-state index contributed by atoms with van der Waals surface area (Å²) in [7, 11) is 4.50. The van der Waals surface area contributed by atoms with Crippen LogP contribution in [-0.2, 0) is 22.5 Å². The third-order valence-electron chi connectivity index (χ3n) is 5.14. The Morgan fingerprint density at radius 1 is 1.07 bits per heavy atom. The van der Waals surface area contributed by atoms with E-state index in [0.717, 1.165) is 16.7 Å². The van der Waals surface area contributed by atoms with Crippen LogP contribution >= 0.6 is 0 Å². The monoisotopic (exact) mass is 398 g/mol. The van der Waals surface area contributed by atoms with Gasteiger partial charge in [0.15, 0.2) is 11.5 Å². The fourth-order valence-corrected chi connectivity index (χ4v) is 3.61. The number of benzene rings is 2. The number of rotatable bonds is 6.